The van der Waals surface area contributed by atoms with Gasteiger partial charge in [-0.25, -0.2) is 0 Å². The van der Waals surface area contributed by atoms with Crippen molar-refractivity contribution in [2.45, 2.75) is 17.5 Å². The molecule has 2 nitrogen and oxygen atoms in total. The summed E-state index contributed by atoms with van der Waals surface area (Å²) in [5, 5.41) is 2.83. The molecule has 1 atom stereocenters. The van der Waals surface area contributed by atoms with Crippen LogP contribution in [-0.2, 0) is 23.1 Å². The second kappa shape index (κ2) is 1.91. The van der Waals surface area contributed by atoms with Crippen molar-refractivity contribution in [3.63, 3.8) is 0 Å². The summed E-state index contributed by atoms with van der Waals surface area (Å²) in [6.07, 6.45) is 1.82. The van der Waals surface area contributed by atoms with Crippen molar-refractivity contribution in [1.82, 2.24) is 5.32 Å². The molecule has 0 spiro atoms. The van der Waals surface area contributed by atoms with Crippen molar-refractivity contribution in [2.75, 3.05) is 0 Å². The first kappa shape index (κ1) is 5.23. The van der Waals surface area contributed by atoms with Gasteiger partial charge in [-0.2, -0.15) is 0 Å². The van der Waals surface area contributed by atoms with Crippen molar-refractivity contribution in [3.05, 3.63) is 0 Å². The van der Waals surface area contributed by atoms with Gasteiger partial charge in [0.15, 0.2) is 0 Å². The third kappa shape index (κ3) is 1.23. The van der Waals surface area contributed by atoms with Crippen LogP contribution in [0.3, 0.4) is 0 Å². The Morgan fingerprint density at radius 3 is 2.71 bits per heavy atom. The molecule has 0 saturated carbocycles. The number of carbonyl (C=O) groups is 1. The van der Waals surface area contributed by atoms with Crippen molar-refractivity contribution >= 4 is 5.91 Å². The van der Waals surface area contributed by atoms with Gasteiger partial charge in [-0.1, -0.05) is 0 Å². The van der Waals surface area contributed by atoms with E-state index >= 15 is 0 Å². The Balaban J connectivity index is 2.40. The molecule has 1 saturated heterocycles. The monoisotopic (exact) mass is 148 g/mol. The van der Waals surface area contributed by atoms with E-state index in [1.807, 2.05) is 0 Å². The Morgan fingerprint density at radius 2 is 2.57 bits per heavy atom. The van der Waals surface area contributed by atoms with Gasteiger partial charge >= 0.3 is 51.8 Å². The first-order chi connectivity index (χ1) is 3.29. The summed E-state index contributed by atoms with van der Waals surface area (Å²) >= 11 is 1.20. The fraction of sp³-hybridized carbons (Fsp3) is 0.750. The van der Waals surface area contributed by atoms with Crippen molar-refractivity contribution < 1.29 is 23.1 Å². The standard InChI is InChI=1S/C4H6NO.Zn/c6-4-2-1-3-5-4;/h3H,1-2H2,(H,5,6);. The van der Waals surface area contributed by atoms with Crippen LogP contribution >= 0.6 is 0 Å². The molecule has 1 heterocycles. The fourth-order valence-electron chi connectivity index (χ4n) is 0.677. The molecule has 0 bridgehead atoms. The topological polar surface area (TPSA) is 29.1 Å². The number of hydrogen-bond donors (Lipinski definition) is 1. The Labute approximate surface area is 52.3 Å². The summed E-state index contributed by atoms with van der Waals surface area (Å²) < 4.78 is 0.549. The maximum absolute atomic E-state index is 10.4. The molecular formula is C4H6NOZn. The average Bonchev–Trinajstić information content (AvgIpc) is 1.87. The quantitative estimate of drug-likeness (QED) is 0.474. The predicted molar refractivity (Wildman–Crippen MR) is 21.2 cm³/mol. The van der Waals surface area contributed by atoms with Gasteiger partial charge in [0.2, 0.25) is 0 Å². The average molecular weight is 149 g/mol. The zero-order chi connectivity index (χ0) is 5.28. The predicted octanol–water partition coefficient (Wildman–Crippen LogP) is -0.231. The molecule has 0 aromatic heterocycles. The molecule has 1 amide bonds. The van der Waals surface area contributed by atoms with E-state index in [1.165, 1.54) is 18.3 Å². The van der Waals surface area contributed by atoms with Crippen LogP contribution in [-0.4, -0.2) is 10.5 Å². The second-order valence-corrected chi connectivity index (χ2v) is 3.87. The van der Waals surface area contributed by atoms with Gasteiger partial charge in [-0.3, -0.25) is 0 Å². The summed E-state index contributed by atoms with van der Waals surface area (Å²) in [4.78, 5) is 10.4. The first-order valence-electron chi connectivity index (χ1n) is 2.41. The normalized spacial score (nSPS) is 30.6. The number of carbonyl (C=O) groups excluding carboxylic acids is 1. The maximum atomic E-state index is 10.4. The summed E-state index contributed by atoms with van der Waals surface area (Å²) in [5.74, 6) is 0.233. The Bertz CT molecular complexity index is 93.7. The van der Waals surface area contributed by atoms with Gasteiger partial charge in [0, 0.05) is 0 Å². The van der Waals surface area contributed by atoms with Crippen molar-refractivity contribution in [1.29, 1.82) is 0 Å². The SMILES string of the molecule is O=C1CC[CH]([Zn])N1. The molecule has 1 rings (SSSR count). The third-order valence-electron chi connectivity index (χ3n) is 1.08. The molecule has 1 aliphatic rings. The van der Waals surface area contributed by atoms with Crippen LogP contribution in [0, 0.1) is 0 Å². The van der Waals surface area contributed by atoms with E-state index in [0.29, 0.717) is 4.64 Å². The minimum atomic E-state index is 0.233. The van der Waals surface area contributed by atoms with Crippen LogP contribution < -0.4 is 5.32 Å². The van der Waals surface area contributed by atoms with E-state index in [1.54, 1.807) is 0 Å². The summed E-state index contributed by atoms with van der Waals surface area (Å²) in [6.45, 7) is 0. The van der Waals surface area contributed by atoms with Crippen LogP contribution in [0.1, 0.15) is 12.8 Å². The Hall–Kier alpha value is 0.0934. The minimum absolute atomic E-state index is 0.233. The van der Waals surface area contributed by atoms with Crippen LogP contribution in [0.25, 0.3) is 0 Å². The molecule has 1 aliphatic heterocycles. The van der Waals surface area contributed by atoms with E-state index in [-0.39, 0.29) is 5.91 Å². The van der Waals surface area contributed by atoms with Gasteiger partial charge in [-0.05, 0) is 0 Å². The van der Waals surface area contributed by atoms with E-state index in [2.05, 4.69) is 5.32 Å². The van der Waals surface area contributed by atoms with E-state index in [0.717, 1.165) is 12.8 Å². The molecule has 35 valence electrons. The molecule has 7 heavy (non-hydrogen) atoms. The molecule has 1 unspecified atom stereocenters. The van der Waals surface area contributed by atoms with E-state index < -0.39 is 0 Å². The number of nitrogens with one attached hydrogen (secondary N) is 1. The van der Waals surface area contributed by atoms with Crippen molar-refractivity contribution in [2.24, 2.45) is 0 Å². The number of hydrogen-bond acceptors (Lipinski definition) is 1. The Morgan fingerprint density at radius 1 is 1.86 bits per heavy atom. The summed E-state index contributed by atoms with van der Waals surface area (Å²) in [6, 6.07) is 0. The van der Waals surface area contributed by atoms with Gasteiger partial charge in [0.05, 0.1) is 0 Å². The molecule has 0 aromatic rings. The van der Waals surface area contributed by atoms with Gasteiger partial charge in [0.1, 0.15) is 0 Å². The zero-order valence-corrected chi connectivity index (χ0v) is 7.07. The molecule has 1 fully saturated rings. The Kier molecular flexibility index (Phi) is 1.43. The molecule has 1 N–H and O–H groups in total. The zero-order valence-electron chi connectivity index (χ0n) is 4.11. The summed E-state index contributed by atoms with van der Waals surface area (Å²) in [5.41, 5.74) is 0. The van der Waals surface area contributed by atoms with Crippen LogP contribution in [0.15, 0.2) is 0 Å². The van der Waals surface area contributed by atoms with Crippen LogP contribution in [0.5, 0.6) is 0 Å². The van der Waals surface area contributed by atoms with E-state index in [4.69, 9.17) is 0 Å². The van der Waals surface area contributed by atoms with Crippen molar-refractivity contribution in [3.8, 4) is 0 Å². The summed E-state index contributed by atoms with van der Waals surface area (Å²) in [7, 11) is 0. The second-order valence-electron chi connectivity index (χ2n) is 1.80. The van der Waals surface area contributed by atoms with Gasteiger partial charge in [-0.15, -0.1) is 0 Å². The number of rotatable bonds is 0. The van der Waals surface area contributed by atoms with E-state index in [9.17, 15) is 4.79 Å². The number of amides is 1. The molecule has 0 radical (unpaired) electrons. The van der Waals surface area contributed by atoms with Crippen LogP contribution in [0.4, 0.5) is 0 Å². The van der Waals surface area contributed by atoms with Gasteiger partial charge in [0.25, 0.3) is 0 Å². The third-order valence-corrected chi connectivity index (χ3v) is 2.37. The van der Waals surface area contributed by atoms with Gasteiger partial charge < -0.3 is 0 Å². The first-order valence-corrected chi connectivity index (χ1v) is 4.13. The fourth-order valence-corrected chi connectivity index (χ4v) is 1.58. The molecule has 0 aliphatic carbocycles. The molecule has 0 aromatic carbocycles. The molecular weight excluding hydrogens is 143 g/mol. The van der Waals surface area contributed by atoms with Crippen LogP contribution in [0.2, 0.25) is 0 Å². The molecule has 3 heteroatoms.